The third kappa shape index (κ3) is 3.40. The fraction of sp³-hybridized carbons (Fsp3) is 0.632. The van der Waals surface area contributed by atoms with Gasteiger partial charge in [-0.1, -0.05) is 12.1 Å². The quantitative estimate of drug-likeness (QED) is 0.815. The van der Waals surface area contributed by atoms with Crippen molar-refractivity contribution in [2.24, 2.45) is 11.3 Å². The molecule has 1 aromatic carbocycles. The highest BCUT2D eigenvalue weighted by molar-refractivity contribution is 7.89. The van der Waals surface area contributed by atoms with E-state index >= 15 is 0 Å². The van der Waals surface area contributed by atoms with Crippen molar-refractivity contribution < 1.29 is 13.2 Å². The summed E-state index contributed by atoms with van der Waals surface area (Å²) in [5.74, 6) is 0.292. The second kappa shape index (κ2) is 6.94. The maximum Gasteiger partial charge on any atom is 0.243 e. The average Bonchev–Trinajstić information content (AvgIpc) is 3.09. The fourth-order valence-electron chi connectivity index (χ4n) is 4.36. The zero-order valence-electron chi connectivity index (χ0n) is 15.0. The van der Waals surface area contributed by atoms with Crippen LogP contribution in [0.1, 0.15) is 37.7 Å². The van der Waals surface area contributed by atoms with Crippen molar-refractivity contribution in [1.82, 2.24) is 14.9 Å². The highest BCUT2D eigenvalue weighted by Crippen LogP contribution is 2.58. The first-order valence-electron chi connectivity index (χ1n) is 9.59. The Labute approximate surface area is 155 Å². The molecule has 1 saturated carbocycles. The smallest absolute Gasteiger partial charge is 0.243 e. The molecule has 26 heavy (non-hydrogen) atoms. The summed E-state index contributed by atoms with van der Waals surface area (Å²) in [6, 6.07) is 6.91. The summed E-state index contributed by atoms with van der Waals surface area (Å²) in [6.45, 7) is 3.69. The molecule has 6 nitrogen and oxygen atoms in total. The molecule has 1 amide bonds. The van der Waals surface area contributed by atoms with Gasteiger partial charge in [-0.2, -0.15) is 4.31 Å². The van der Waals surface area contributed by atoms with Gasteiger partial charge < -0.3 is 10.6 Å². The van der Waals surface area contributed by atoms with Gasteiger partial charge in [-0.25, -0.2) is 8.42 Å². The Morgan fingerprint density at radius 1 is 1.15 bits per heavy atom. The van der Waals surface area contributed by atoms with E-state index in [4.69, 9.17) is 0 Å². The van der Waals surface area contributed by atoms with Gasteiger partial charge in [-0.05, 0) is 68.3 Å². The number of amides is 1. The lowest BCUT2D eigenvalue weighted by Crippen LogP contribution is -2.33. The van der Waals surface area contributed by atoms with Crippen molar-refractivity contribution in [2.75, 3.05) is 26.2 Å². The van der Waals surface area contributed by atoms with Crippen LogP contribution in [0.5, 0.6) is 0 Å². The lowest BCUT2D eigenvalue weighted by atomic mass is 9.92. The molecule has 2 heterocycles. The van der Waals surface area contributed by atoms with Crippen molar-refractivity contribution in [1.29, 1.82) is 0 Å². The molecule has 1 aromatic rings. The summed E-state index contributed by atoms with van der Waals surface area (Å²) in [4.78, 5) is 12.8. The van der Waals surface area contributed by atoms with Crippen LogP contribution in [-0.2, 0) is 21.4 Å². The minimum atomic E-state index is -3.37. The molecule has 4 rings (SSSR count). The average molecular weight is 378 g/mol. The number of sulfonamides is 1. The van der Waals surface area contributed by atoms with Crippen LogP contribution in [0.15, 0.2) is 29.2 Å². The topological polar surface area (TPSA) is 78.5 Å². The van der Waals surface area contributed by atoms with E-state index in [1.807, 2.05) is 0 Å². The first-order chi connectivity index (χ1) is 12.5. The summed E-state index contributed by atoms with van der Waals surface area (Å²) < 4.78 is 26.6. The molecule has 3 fully saturated rings. The molecule has 7 heteroatoms. The zero-order chi connectivity index (χ0) is 18.2. The van der Waals surface area contributed by atoms with Crippen LogP contribution >= 0.6 is 0 Å². The zero-order valence-corrected chi connectivity index (χ0v) is 15.9. The van der Waals surface area contributed by atoms with E-state index in [0.29, 0.717) is 24.5 Å². The Kier molecular flexibility index (Phi) is 4.79. The Hall–Kier alpha value is -1.44. The van der Waals surface area contributed by atoms with E-state index in [-0.39, 0.29) is 17.2 Å². The van der Waals surface area contributed by atoms with Gasteiger partial charge in [0.15, 0.2) is 0 Å². The molecule has 142 valence electrons. The predicted molar refractivity (Wildman–Crippen MR) is 98.9 cm³/mol. The molecule has 0 radical (unpaired) electrons. The van der Waals surface area contributed by atoms with Gasteiger partial charge in [-0.15, -0.1) is 0 Å². The molecular formula is C19H27N3O3S. The number of rotatable bonds is 5. The Bertz CT molecular complexity index is 764. The summed E-state index contributed by atoms with van der Waals surface area (Å²) in [5, 5.41) is 6.38. The maximum absolute atomic E-state index is 12.5. The molecule has 2 aliphatic heterocycles. The number of hydrogen-bond acceptors (Lipinski definition) is 4. The summed E-state index contributed by atoms with van der Waals surface area (Å²) in [5.41, 5.74) is 1.17. The van der Waals surface area contributed by atoms with Gasteiger partial charge >= 0.3 is 0 Å². The van der Waals surface area contributed by atoms with Crippen LogP contribution in [0.25, 0.3) is 0 Å². The van der Waals surface area contributed by atoms with Crippen LogP contribution in [-0.4, -0.2) is 44.8 Å². The molecule has 0 aromatic heterocycles. The highest BCUT2D eigenvalue weighted by Gasteiger charge is 2.57. The molecule has 1 aliphatic carbocycles. The van der Waals surface area contributed by atoms with Crippen molar-refractivity contribution in [3.63, 3.8) is 0 Å². The molecule has 1 spiro atoms. The normalized spacial score (nSPS) is 25.3. The van der Waals surface area contributed by atoms with Crippen molar-refractivity contribution >= 4 is 15.9 Å². The number of piperidine rings is 1. The van der Waals surface area contributed by atoms with Crippen LogP contribution in [0.2, 0.25) is 0 Å². The third-order valence-corrected chi connectivity index (χ3v) is 8.11. The molecule has 1 atom stereocenters. The van der Waals surface area contributed by atoms with Crippen LogP contribution in [0.3, 0.4) is 0 Å². The third-order valence-electron chi connectivity index (χ3n) is 6.20. The standard InChI is InChI=1S/C19H27N3O3S/c23-18(17-13-19(17)7-9-20-10-8-19)21-14-15-3-5-16(6-4-15)26(24,25)22-11-1-2-12-22/h3-6,17,20H,1-2,7-14H2,(H,21,23). The maximum atomic E-state index is 12.5. The summed E-state index contributed by atoms with van der Waals surface area (Å²) >= 11 is 0. The minimum absolute atomic E-state index is 0.140. The fourth-order valence-corrected chi connectivity index (χ4v) is 5.88. The van der Waals surface area contributed by atoms with Gasteiger partial charge in [0.1, 0.15) is 0 Å². The number of hydrogen-bond donors (Lipinski definition) is 2. The van der Waals surface area contributed by atoms with Gasteiger partial charge in [0.2, 0.25) is 15.9 Å². The predicted octanol–water partition coefficient (Wildman–Crippen LogP) is 1.48. The molecule has 2 N–H and O–H groups in total. The van der Waals surface area contributed by atoms with Gasteiger partial charge in [-0.3, -0.25) is 4.79 Å². The second-order valence-corrected chi connectivity index (χ2v) is 9.78. The minimum Gasteiger partial charge on any atom is -0.352 e. The molecule has 1 unspecified atom stereocenters. The largest absolute Gasteiger partial charge is 0.352 e. The second-order valence-electron chi connectivity index (χ2n) is 7.84. The molecule has 0 bridgehead atoms. The van der Waals surface area contributed by atoms with E-state index in [9.17, 15) is 13.2 Å². The van der Waals surface area contributed by atoms with Crippen molar-refractivity contribution in [2.45, 2.75) is 43.5 Å². The SMILES string of the molecule is O=C(NCc1ccc(S(=O)(=O)N2CCCC2)cc1)C1CC12CCNCC2. The number of carbonyl (C=O) groups excluding carboxylic acids is 1. The monoisotopic (exact) mass is 377 g/mol. The van der Waals surface area contributed by atoms with E-state index in [2.05, 4.69) is 10.6 Å². The van der Waals surface area contributed by atoms with E-state index in [1.165, 1.54) is 0 Å². The Morgan fingerprint density at radius 2 is 1.81 bits per heavy atom. The number of nitrogens with one attached hydrogen (secondary N) is 2. The lowest BCUT2D eigenvalue weighted by Gasteiger charge is -2.23. The van der Waals surface area contributed by atoms with Crippen LogP contribution < -0.4 is 10.6 Å². The van der Waals surface area contributed by atoms with Gasteiger partial charge in [0, 0.05) is 25.6 Å². The van der Waals surface area contributed by atoms with Crippen LogP contribution in [0, 0.1) is 11.3 Å². The lowest BCUT2D eigenvalue weighted by molar-refractivity contribution is -0.123. The number of benzene rings is 1. The first-order valence-corrected chi connectivity index (χ1v) is 11.0. The Balaban J connectivity index is 1.33. The highest BCUT2D eigenvalue weighted by atomic mass is 32.2. The van der Waals surface area contributed by atoms with Crippen molar-refractivity contribution in [3.05, 3.63) is 29.8 Å². The molecular weight excluding hydrogens is 350 g/mol. The van der Waals surface area contributed by atoms with E-state index in [0.717, 1.165) is 50.8 Å². The van der Waals surface area contributed by atoms with Crippen molar-refractivity contribution in [3.8, 4) is 0 Å². The van der Waals surface area contributed by atoms with Gasteiger partial charge in [0.05, 0.1) is 4.90 Å². The first kappa shape index (κ1) is 17.9. The number of carbonyl (C=O) groups is 1. The van der Waals surface area contributed by atoms with Gasteiger partial charge in [0.25, 0.3) is 0 Å². The van der Waals surface area contributed by atoms with E-state index < -0.39 is 10.0 Å². The van der Waals surface area contributed by atoms with Crippen LogP contribution in [0.4, 0.5) is 0 Å². The molecule has 3 aliphatic rings. The Morgan fingerprint density at radius 3 is 2.46 bits per heavy atom. The summed E-state index contributed by atoms with van der Waals surface area (Å²) in [6.07, 6.45) is 5.06. The summed E-state index contributed by atoms with van der Waals surface area (Å²) in [7, 11) is -3.37. The number of nitrogens with zero attached hydrogens (tertiary/aromatic N) is 1. The van der Waals surface area contributed by atoms with E-state index in [1.54, 1.807) is 28.6 Å². The molecule has 2 saturated heterocycles.